The normalized spacial score (nSPS) is 16.5. The molecular weight excluding hydrogens is 637 g/mol. The summed E-state index contributed by atoms with van der Waals surface area (Å²) in [6.07, 6.45) is 13.2. The number of aryl methyl sites for hydroxylation is 2. The van der Waals surface area contributed by atoms with Crippen molar-refractivity contribution >= 4 is 21.8 Å². The van der Waals surface area contributed by atoms with Gasteiger partial charge < -0.3 is 4.74 Å². The molecule has 52 heavy (non-hydrogen) atoms. The number of hydrogen-bond donors (Lipinski definition) is 0. The average Bonchev–Trinajstić information content (AvgIpc) is 3.69. The van der Waals surface area contributed by atoms with E-state index in [1.165, 1.54) is 58.1 Å². The largest absolute Gasteiger partial charge is 0.457 e. The highest BCUT2D eigenvalue weighted by Gasteiger charge is 2.33. The standard InChI is InChI=1S/C47H56N4O/c1-9-17-31-24-25-48-44(26-31)50-42-21-15-14-20-38(42)39-23-22-36(30-43(39)50)52-37-28-34(47(6,7)8)27-35(29-37)51-41(13-5)46(40(12-4)49-51)45-32(10-2)18-16-19-33(45)11-3/h14-15,18,20-30,33,45H,9-13,16-17,19H2,1-8H3/t33-,45-/m0/s1. The molecule has 0 aliphatic heterocycles. The summed E-state index contributed by atoms with van der Waals surface area (Å²) in [5.41, 5.74) is 11.4. The molecule has 0 unspecified atom stereocenters. The van der Waals surface area contributed by atoms with E-state index in [9.17, 15) is 0 Å². The van der Waals surface area contributed by atoms with E-state index in [-0.39, 0.29) is 5.41 Å². The van der Waals surface area contributed by atoms with Crippen LogP contribution in [-0.4, -0.2) is 19.3 Å². The van der Waals surface area contributed by atoms with Gasteiger partial charge in [-0.15, -0.1) is 0 Å². The van der Waals surface area contributed by atoms with Crippen molar-refractivity contribution in [3.63, 3.8) is 0 Å². The third kappa shape index (κ3) is 6.59. The Morgan fingerprint density at radius 1 is 0.808 bits per heavy atom. The Labute approximate surface area is 310 Å². The van der Waals surface area contributed by atoms with E-state index >= 15 is 0 Å². The van der Waals surface area contributed by atoms with Crippen LogP contribution in [0, 0.1) is 5.92 Å². The van der Waals surface area contributed by atoms with Crippen molar-refractivity contribution in [2.45, 2.75) is 118 Å². The molecule has 3 heterocycles. The van der Waals surface area contributed by atoms with Crippen LogP contribution in [0.4, 0.5) is 0 Å². The minimum absolute atomic E-state index is 0.0790. The first-order valence-corrected chi connectivity index (χ1v) is 19.8. The summed E-state index contributed by atoms with van der Waals surface area (Å²) in [6, 6.07) is 26.2. The smallest absolute Gasteiger partial charge is 0.137 e. The Hall–Kier alpha value is -4.64. The number of benzene rings is 3. The molecule has 0 amide bonds. The van der Waals surface area contributed by atoms with Crippen LogP contribution < -0.4 is 4.74 Å². The number of allylic oxidation sites excluding steroid dienone is 2. The molecular formula is C47H56N4O. The number of hydrogen-bond acceptors (Lipinski definition) is 3. The summed E-state index contributed by atoms with van der Waals surface area (Å²) in [5.74, 6) is 3.66. The van der Waals surface area contributed by atoms with Gasteiger partial charge in [0.2, 0.25) is 0 Å². The second kappa shape index (κ2) is 14.8. The molecule has 5 nitrogen and oxygen atoms in total. The SMILES string of the molecule is CCCc1ccnc(-n2c3ccccc3c3ccc(Oc4cc(-n5nc(CC)c([C@H]6C(CC)=CCC[C@@H]6CC)c5CC)cc(C(C)(C)C)c4)cc32)c1. The summed E-state index contributed by atoms with van der Waals surface area (Å²) < 4.78 is 11.4. The number of nitrogens with zero attached hydrogens (tertiary/aromatic N) is 4. The molecule has 0 saturated carbocycles. The topological polar surface area (TPSA) is 44.9 Å². The number of para-hydroxylation sites is 1. The van der Waals surface area contributed by atoms with E-state index in [2.05, 4.69) is 144 Å². The Bertz CT molecular complexity index is 2240. The summed E-state index contributed by atoms with van der Waals surface area (Å²) in [4.78, 5) is 4.86. The Morgan fingerprint density at radius 3 is 2.35 bits per heavy atom. The summed E-state index contributed by atoms with van der Waals surface area (Å²) in [6.45, 7) is 18.3. The quantitative estimate of drug-likeness (QED) is 0.127. The molecule has 2 atom stereocenters. The van der Waals surface area contributed by atoms with Crippen LogP contribution >= 0.6 is 0 Å². The van der Waals surface area contributed by atoms with Gasteiger partial charge in [0.25, 0.3) is 0 Å². The van der Waals surface area contributed by atoms with E-state index in [0.29, 0.717) is 11.8 Å². The molecule has 0 saturated heterocycles. The van der Waals surface area contributed by atoms with Crippen LogP contribution in [0.15, 0.2) is 90.6 Å². The van der Waals surface area contributed by atoms with Gasteiger partial charge in [0.1, 0.15) is 17.3 Å². The maximum atomic E-state index is 6.87. The maximum Gasteiger partial charge on any atom is 0.137 e. The molecule has 6 aromatic rings. The monoisotopic (exact) mass is 692 g/mol. The fraction of sp³-hybridized carbons (Fsp3) is 0.404. The van der Waals surface area contributed by atoms with Gasteiger partial charge in [0.05, 0.1) is 22.4 Å². The van der Waals surface area contributed by atoms with Crippen LogP contribution in [0.1, 0.15) is 121 Å². The second-order valence-corrected chi connectivity index (χ2v) is 15.7. The fourth-order valence-corrected chi connectivity index (χ4v) is 8.62. The first-order chi connectivity index (χ1) is 25.2. The first kappa shape index (κ1) is 35.7. The van der Waals surface area contributed by atoms with Gasteiger partial charge in [-0.2, -0.15) is 5.10 Å². The molecule has 3 aromatic carbocycles. The van der Waals surface area contributed by atoms with Crippen LogP contribution in [0.25, 0.3) is 33.3 Å². The minimum Gasteiger partial charge on any atom is -0.457 e. The maximum absolute atomic E-state index is 6.87. The predicted molar refractivity (Wildman–Crippen MR) is 218 cm³/mol. The van der Waals surface area contributed by atoms with Crippen LogP contribution in [0.5, 0.6) is 11.5 Å². The van der Waals surface area contributed by atoms with Crippen LogP contribution in [-0.2, 0) is 24.7 Å². The fourth-order valence-electron chi connectivity index (χ4n) is 8.62. The average molecular weight is 693 g/mol. The molecule has 3 aromatic heterocycles. The van der Waals surface area contributed by atoms with E-state index in [1.54, 1.807) is 5.57 Å². The van der Waals surface area contributed by atoms with Gasteiger partial charge in [-0.25, -0.2) is 9.67 Å². The van der Waals surface area contributed by atoms with Crippen LogP contribution in [0.2, 0.25) is 0 Å². The Balaban J connectivity index is 1.36. The molecule has 1 aliphatic rings. The van der Waals surface area contributed by atoms with Crippen molar-refractivity contribution < 1.29 is 4.74 Å². The second-order valence-electron chi connectivity index (χ2n) is 15.7. The summed E-state index contributed by atoms with van der Waals surface area (Å²) in [7, 11) is 0. The zero-order valence-electron chi connectivity index (χ0n) is 32.6. The lowest BCUT2D eigenvalue weighted by Crippen LogP contribution is -2.20. The molecule has 0 bridgehead atoms. The molecule has 0 spiro atoms. The molecule has 0 N–H and O–H groups in total. The van der Waals surface area contributed by atoms with E-state index < -0.39 is 0 Å². The zero-order valence-corrected chi connectivity index (χ0v) is 32.6. The highest BCUT2D eigenvalue weighted by Crippen LogP contribution is 2.45. The number of pyridine rings is 1. The number of aromatic nitrogens is 4. The lowest BCUT2D eigenvalue weighted by Gasteiger charge is -2.33. The van der Waals surface area contributed by atoms with Crippen molar-refractivity contribution in [2.24, 2.45) is 5.92 Å². The highest BCUT2D eigenvalue weighted by atomic mass is 16.5. The number of rotatable bonds is 11. The van der Waals surface area contributed by atoms with Crippen molar-refractivity contribution in [3.05, 3.63) is 119 Å². The molecule has 0 radical (unpaired) electrons. The van der Waals surface area contributed by atoms with Gasteiger partial charge >= 0.3 is 0 Å². The van der Waals surface area contributed by atoms with E-state index in [1.807, 2.05) is 6.20 Å². The third-order valence-electron chi connectivity index (χ3n) is 11.3. The third-order valence-corrected chi connectivity index (χ3v) is 11.3. The lowest BCUT2D eigenvalue weighted by atomic mass is 9.71. The van der Waals surface area contributed by atoms with Crippen molar-refractivity contribution in [3.8, 4) is 23.0 Å². The van der Waals surface area contributed by atoms with Crippen molar-refractivity contribution in [1.29, 1.82) is 0 Å². The first-order valence-electron chi connectivity index (χ1n) is 19.8. The summed E-state index contributed by atoms with van der Waals surface area (Å²) in [5, 5.41) is 7.80. The van der Waals surface area contributed by atoms with Crippen molar-refractivity contribution in [2.75, 3.05) is 0 Å². The minimum atomic E-state index is -0.0790. The zero-order chi connectivity index (χ0) is 36.6. The number of ether oxygens (including phenoxy) is 1. The lowest BCUT2D eigenvalue weighted by molar-refractivity contribution is 0.392. The van der Waals surface area contributed by atoms with Gasteiger partial charge in [-0.1, -0.05) is 98.1 Å². The highest BCUT2D eigenvalue weighted by molar-refractivity contribution is 6.09. The van der Waals surface area contributed by atoms with Gasteiger partial charge in [0.15, 0.2) is 0 Å². The van der Waals surface area contributed by atoms with E-state index in [4.69, 9.17) is 14.8 Å². The predicted octanol–water partition coefficient (Wildman–Crippen LogP) is 12.8. The molecule has 7 rings (SSSR count). The molecule has 0 fully saturated rings. The number of fused-ring (bicyclic) bond motifs is 3. The van der Waals surface area contributed by atoms with Crippen LogP contribution in [0.3, 0.4) is 0 Å². The van der Waals surface area contributed by atoms with Gasteiger partial charge in [-0.3, -0.25) is 4.57 Å². The molecule has 270 valence electrons. The van der Waals surface area contributed by atoms with Crippen molar-refractivity contribution in [1.82, 2.24) is 19.3 Å². The molecule has 5 heteroatoms. The van der Waals surface area contributed by atoms with Gasteiger partial charge in [-0.05, 0) is 103 Å². The molecule has 1 aliphatic carbocycles. The Morgan fingerprint density at radius 2 is 1.62 bits per heavy atom. The van der Waals surface area contributed by atoms with Gasteiger partial charge in [0, 0.05) is 46.3 Å². The Kier molecular flexibility index (Phi) is 10.2. The summed E-state index contributed by atoms with van der Waals surface area (Å²) >= 11 is 0. The van der Waals surface area contributed by atoms with E-state index in [0.717, 1.165) is 66.1 Å².